The summed E-state index contributed by atoms with van der Waals surface area (Å²) < 4.78 is 0. The Labute approximate surface area is 155 Å². The number of benzene rings is 1. The fourth-order valence-electron chi connectivity index (χ4n) is 3.13. The number of nitrogens with zero attached hydrogens (tertiary/aromatic N) is 3. The van der Waals surface area contributed by atoms with E-state index in [1.165, 1.54) is 5.56 Å². The third-order valence-electron chi connectivity index (χ3n) is 4.73. The first kappa shape index (κ1) is 18.3. The van der Waals surface area contributed by atoms with Crippen LogP contribution in [-0.2, 0) is 17.8 Å². The lowest BCUT2D eigenvalue weighted by atomic mass is 10.1. The summed E-state index contributed by atoms with van der Waals surface area (Å²) in [6.07, 6.45) is 2.59. The van der Waals surface area contributed by atoms with Gasteiger partial charge in [0.2, 0.25) is 5.91 Å². The normalized spacial score (nSPS) is 16.5. The van der Waals surface area contributed by atoms with Crippen molar-refractivity contribution in [2.45, 2.75) is 38.8 Å². The minimum Gasteiger partial charge on any atom is -0.373 e. The second kappa shape index (κ2) is 8.27. The highest BCUT2D eigenvalue weighted by molar-refractivity contribution is 5.78. The first-order valence-corrected chi connectivity index (χ1v) is 9.13. The molecular formula is C20H27N5O. The van der Waals surface area contributed by atoms with E-state index in [-0.39, 0.29) is 11.9 Å². The monoisotopic (exact) mass is 353 g/mol. The summed E-state index contributed by atoms with van der Waals surface area (Å²) in [4.78, 5) is 23.6. The zero-order valence-electron chi connectivity index (χ0n) is 15.7. The standard InChI is InChI=1S/C20H27N5O/c1-14-6-8-15(9-7-14)11-19(26)25(3)13-16-12-18(21-2)24-20(23-16)17-5-4-10-22-17/h6-9,12,17,22H,4-5,10-11,13H2,1-3H3,(H,21,23,24)/t17-/m1/s1. The van der Waals surface area contributed by atoms with Gasteiger partial charge in [-0.25, -0.2) is 9.97 Å². The first-order valence-electron chi connectivity index (χ1n) is 9.13. The van der Waals surface area contributed by atoms with Gasteiger partial charge in [-0.05, 0) is 31.9 Å². The lowest BCUT2D eigenvalue weighted by Gasteiger charge is -2.19. The van der Waals surface area contributed by atoms with E-state index in [0.717, 1.165) is 42.3 Å². The molecule has 0 radical (unpaired) electrons. The Hall–Kier alpha value is -2.47. The molecule has 1 aromatic carbocycles. The minimum absolute atomic E-state index is 0.0824. The fourth-order valence-corrected chi connectivity index (χ4v) is 3.13. The van der Waals surface area contributed by atoms with Crippen molar-refractivity contribution in [3.63, 3.8) is 0 Å². The van der Waals surface area contributed by atoms with E-state index in [9.17, 15) is 4.79 Å². The molecule has 0 unspecified atom stereocenters. The van der Waals surface area contributed by atoms with Crippen molar-refractivity contribution >= 4 is 11.7 Å². The van der Waals surface area contributed by atoms with Crippen LogP contribution in [0.15, 0.2) is 30.3 Å². The molecule has 0 saturated carbocycles. The van der Waals surface area contributed by atoms with Crippen molar-refractivity contribution < 1.29 is 4.79 Å². The molecule has 6 heteroatoms. The van der Waals surface area contributed by atoms with Crippen molar-refractivity contribution in [2.24, 2.45) is 0 Å². The number of rotatable bonds is 6. The number of nitrogens with one attached hydrogen (secondary N) is 2. The summed E-state index contributed by atoms with van der Waals surface area (Å²) >= 11 is 0. The average Bonchev–Trinajstić information content (AvgIpc) is 3.18. The number of aromatic nitrogens is 2. The number of likely N-dealkylation sites (N-methyl/N-ethyl adjacent to an activating group) is 1. The maximum atomic E-state index is 12.6. The Balaban J connectivity index is 1.69. The van der Waals surface area contributed by atoms with E-state index in [1.807, 2.05) is 51.4 Å². The summed E-state index contributed by atoms with van der Waals surface area (Å²) in [6.45, 7) is 3.52. The van der Waals surface area contributed by atoms with Crippen LogP contribution in [0.1, 0.15) is 41.5 Å². The van der Waals surface area contributed by atoms with Crippen LogP contribution in [0.25, 0.3) is 0 Å². The second-order valence-corrected chi connectivity index (χ2v) is 6.91. The third-order valence-corrected chi connectivity index (χ3v) is 4.73. The smallest absolute Gasteiger partial charge is 0.227 e. The number of anilines is 1. The molecule has 0 bridgehead atoms. The molecule has 1 atom stereocenters. The van der Waals surface area contributed by atoms with Crippen LogP contribution < -0.4 is 10.6 Å². The molecule has 138 valence electrons. The molecule has 1 saturated heterocycles. The van der Waals surface area contributed by atoms with E-state index in [0.29, 0.717) is 13.0 Å². The van der Waals surface area contributed by atoms with Crippen molar-refractivity contribution in [2.75, 3.05) is 26.0 Å². The van der Waals surface area contributed by atoms with Crippen LogP contribution in [0.3, 0.4) is 0 Å². The maximum Gasteiger partial charge on any atom is 0.227 e. The van der Waals surface area contributed by atoms with Crippen LogP contribution in [0, 0.1) is 6.92 Å². The van der Waals surface area contributed by atoms with Gasteiger partial charge in [0, 0.05) is 20.2 Å². The van der Waals surface area contributed by atoms with Crippen LogP contribution in [0.2, 0.25) is 0 Å². The SMILES string of the molecule is CNc1cc(CN(C)C(=O)Cc2ccc(C)cc2)nc([C@H]2CCCN2)n1. The molecule has 1 fully saturated rings. The van der Waals surface area contributed by atoms with Crippen molar-refractivity contribution in [1.82, 2.24) is 20.2 Å². The van der Waals surface area contributed by atoms with E-state index in [2.05, 4.69) is 15.6 Å². The Morgan fingerprint density at radius 3 is 2.73 bits per heavy atom. The van der Waals surface area contributed by atoms with Crippen LogP contribution in [0.5, 0.6) is 0 Å². The van der Waals surface area contributed by atoms with Crippen LogP contribution in [0.4, 0.5) is 5.82 Å². The summed E-state index contributed by atoms with van der Waals surface area (Å²) in [6, 6.07) is 10.2. The molecule has 2 N–H and O–H groups in total. The van der Waals surface area contributed by atoms with Crippen molar-refractivity contribution in [3.8, 4) is 0 Å². The molecule has 1 aromatic heterocycles. The topological polar surface area (TPSA) is 70.2 Å². The van der Waals surface area contributed by atoms with Gasteiger partial charge in [0.15, 0.2) is 0 Å². The van der Waals surface area contributed by atoms with Crippen LogP contribution in [-0.4, -0.2) is 41.4 Å². The van der Waals surface area contributed by atoms with E-state index >= 15 is 0 Å². The quantitative estimate of drug-likeness (QED) is 0.835. The number of hydrogen-bond acceptors (Lipinski definition) is 5. The molecule has 2 heterocycles. The van der Waals surface area contributed by atoms with Crippen LogP contribution >= 0.6 is 0 Å². The lowest BCUT2D eigenvalue weighted by molar-refractivity contribution is -0.129. The molecule has 1 aliphatic heterocycles. The molecule has 6 nitrogen and oxygen atoms in total. The number of hydrogen-bond donors (Lipinski definition) is 2. The molecule has 26 heavy (non-hydrogen) atoms. The van der Waals surface area contributed by atoms with E-state index in [1.54, 1.807) is 4.90 Å². The van der Waals surface area contributed by atoms with Gasteiger partial charge in [0.25, 0.3) is 0 Å². The zero-order chi connectivity index (χ0) is 18.5. The van der Waals surface area contributed by atoms with Crippen molar-refractivity contribution in [1.29, 1.82) is 0 Å². The van der Waals surface area contributed by atoms with Crippen molar-refractivity contribution in [3.05, 3.63) is 53.0 Å². The number of aryl methyl sites for hydroxylation is 1. The average molecular weight is 353 g/mol. The Morgan fingerprint density at radius 2 is 2.08 bits per heavy atom. The Bertz CT molecular complexity index is 753. The van der Waals surface area contributed by atoms with Gasteiger partial charge in [-0.15, -0.1) is 0 Å². The summed E-state index contributed by atoms with van der Waals surface area (Å²) in [5, 5.41) is 6.53. The largest absolute Gasteiger partial charge is 0.373 e. The molecule has 1 amide bonds. The molecular weight excluding hydrogens is 326 g/mol. The highest BCUT2D eigenvalue weighted by atomic mass is 16.2. The second-order valence-electron chi connectivity index (χ2n) is 6.91. The van der Waals surface area contributed by atoms with Gasteiger partial charge < -0.3 is 15.5 Å². The maximum absolute atomic E-state index is 12.6. The van der Waals surface area contributed by atoms with Gasteiger partial charge in [-0.2, -0.15) is 0 Å². The predicted molar refractivity (Wildman–Crippen MR) is 103 cm³/mol. The fraction of sp³-hybridized carbons (Fsp3) is 0.450. The molecule has 1 aliphatic rings. The Kier molecular flexibility index (Phi) is 5.83. The van der Waals surface area contributed by atoms with Gasteiger partial charge in [0.05, 0.1) is 24.7 Å². The summed E-state index contributed by atoms with van der Waals surface area (Å²) in [5.41, 5.74) is 3.08. The molecule has 0 aliphatic carbocycles. The number of carbonyl (C=O) groups is 1. The summed E-state index contributed by atoms with van der Waals surface area (Å²) in [5.74, 6) is 1.68. The highest BCUT2D eigenvalue weighted by Crippen LogP contribution is 2.22. The third kappa shape index (κ3) is 4.58. The number of carbonyl (C=O) groups excluding carboxylic acids is 1. The molecule has 3 rings (SSSR count). The van der Waals surface area contributed by atoms with Gasteiger partial charge in [0.1, 0.15) is 11.6 Å². The van der Waals surface area contributed by atoms with E-state index < -0.39 is 0 Å². The lowest BCUT2D eigenvalue weighted by Crippen LogP contribution is -2.28. The summed E-state index contributed by atoms with van der Waals surface area (Å²) in [7, 11) is 3.68. The number of amides is 1. The highest BCUT2D eigenvalue weighted by Gasteiger charge is 2.21. The molecule has 2 aromatic rings. The van der Waals surface area contributed by atoms with Gasteiger partial charge >= 0.3 is 0 Å². The zero-order valence-corrected chi connectivity index (χ0v) is 15.7. The Morgan fingerprint density at radius 1 is 1.31 bits per heavy atom. The van der Waals surface area contributed by atoms with Gasteiger partial charge in [-0.3, -0.25) is 4.79 Å². The van der Waals surface area contributed by atoms with Gasteiger partial charge in [-0.1, -0.05) is 29.8 Å². The first-order chi connectivity index (χ1) is 12.5. The predicted octanol–water partition coefficient (Wildman–Crippen LogP) is 2.45. The van der Waals surface area contributed by atoms with E-state index in [4.69, 9.17) is 4.98 Å². The minimum atomic E-state index is 0.0824. The molecule has 0 spiro atoms.